The molecule has 2 aromatic rings. The Bertz CT molecular complexity index is 1080. The van der Waals surface area contributed by atoms with Gasteiger partial charge in [-0.3, -0.25) is 0 Å². The van der Waals surface area contributed by atoms with E-state index in [9.17, 15) is 21.6 Å². The number of hydrogen-bond donors (Lipinski definition) is 1. The first-order chi connectivity index (χ1) is 14.0. The van der Waals surface area contributed by atoms with Crippen LogP contribution in [0.1, 0.15) is 36.2 Å². The minimum atomic E-state index is -3.24. The Hall–Kier alpha value is -2.20. The lowest BCUT2D eigenvalue weighted by atomic mass is 10.0. The van der Waals surface area contributed by atoms with E-state index in [2.05, 4.69) is 9.97 Å². The first-order valence-electron chi connectivity index (χ1n) is 9.70. The van der Waals surface area contributed by atoms with Gasteiger partial charge in [0, 0.05) is 29.8 Å². The summed E-state index contributed by atoms with van der Waals surface area (Å²) in [6.07, 6.45) is -0.117. The maximum Gasteiger partial charge on any atom is 0.290 e. The quantitative estimate of drug-likeness (QED) is 0.769. The second-order valence-corrected chi connectivity index (χ2v) is 10.3. The molecule has 2 heterocycles. The molecule has 2 N–H and O–H groups in total. The fraction of sp³-hybridized carbons (Fsp3) is 0.500. The monoisotopic (exact) mass is 440 g/mol. The summed E-state index contributed by atoms with van der Waals surface area (Å²) in [7, 11) is -3.24. The van der Waals surface area contributed by atoms with Gasteiger partial charge in [-0.1, -0.05) is 24.3 Å². The van der Waals surface area contributed by atoms with E-state index in [-0.39, 0.29) is 36.8 Å². The van der Waals surface area contributed by atoms with Crippen LogP contribution in [0.2, 0.25) is 0 Å². The van der Waals surface area contributed by atoms with Crippen LogP contribution in [0.15, 0.2) is 24.3 Å². The summed E-state index contributed by atoms with van der Waals surface area (Å²) < 4.78 is 65.5. The molecule has 1 fully saturated rings. The van der Waals surface area contributed by atoms with Crippen molar-refractivity contribution in [1.29, 1.82) is 0 Å². The van der Waals surface area contributed by atoms with Gasteiger partial charge in [-0.25, -0.2) is 22.8 Å². The van der Waals surface area contributed by atoms with Crippen molar-refractivity contribution in [2.45, 2.75) is 43.9 Å². The SMILES string of the molecule is C[C@H]1[C@H](F)CN1c1nc(-c2ccc(C(N)CS(C)(=O)=O)cc2)c2c(n1)C(F)(F)CC2. The van der Waals surface area contributed by atoms with E-state index < -0.39 is 34.0 Å². The minimum absolute atomic E-state index is 0.0737. The highest BCUT2D eigenvalue weighted by molar-refractivity contribution is 7.90. The average Bonchev–Trinajstić information content (AvgIpc) is 2.98. The molecular formula is C20H23F3N4O2S. The van der Waals surface area contributed by atoms with Crippen LogP contribution < -0.4 is 10.6 Å². The number of anilines is 1. The molecule has 0 saturated carbocycles. The predicted molar refractivity (Wildman–Crippen MR) is 108 cm³/mol. The Balaban J connectivity index is 1.73. The number of aromatic nitrogens is 2. The van der Waals surface area contributed by atoms with Gasteiger partial charge in [0.15, 0.2) is 0 Å². The fourth-order valence-corrected chi connectivity index (χ4v) is 4.76. The van der Waals surface area contributed by atoms with E-state index in [1.54, 1.807) is 36.1 Å². The maximum absolute atomic E-state index is 14.4. The summed E-state index contributed by atoms with van der Waals surface area (Å²) >= 11 is 0. The van der Waals surface area contributed by atoms with Crippen LogP contribution in [0.5, 0.6) is 0 Å². The lowest BCUT2D eigenvalue weighted by Crippen LogP contribution is -2.57. The molecule has 6 nitrogen and oxygen atoms in total. The molecule has 0 radical (unpaired) electrons. The number of benzene rings is 1. The van der Waals surface area contributed by atoms with Crippen molar-refractivity contribution in [2.75, 3.05) is 23.5 Å². The standard InChI is InChI=1S/C20H23F3N4O2S/c1-11-15(21)9-27(11)19-25-17(14-7-8-20(22,23)18(14)26-19)13-5-3-12(4-6-13)16(24)10-30(2,28)29/h3-6,11,15-16H,7-10,24H2,1-2H3/t11-,15+,16?/m0/s1. The number of nitrogens with two attached hydrogens (primary N) is 1. The van der Waals surface area contributed by atoms with E-state index in [0.717, 1.165) is 6.26 Å². The molecular weight excluding hydrogens is 417 g/mol. The third-order valence-electron chi connectivity index (χ3n) is 5.77. The van der Waals surface area contributed by atoms with E-state index in [0.29, 0.717) is 22.4 Å². The molecule has 1 aromatic carbocycles. The predicted octanol–water partition coefficient (Wildman–Crippen LogP) is 2.77. The fourth-order valence-electron chi connectivity index (χ4n) is 3.92. The van der Waals surface area contributed by atoms with Crippen molar-refractivity contribution in [3.63, 3.8) is 0 Å². The van der Waals surface area contributed by atoms with Gasteiger partial charge in [0.1, 0.15) is 21.7 Å². The first kappa shape index (κ1) is 21.0. The zero-order chi connectivity index (χ0) is 21.8. The van der Waals surface area contributed by atoms with Gasteiger partial charge in [-0.2, -0.15) is 8.78 Å². The normalized spacial score (nSPS) is 23.7. The van der Waals surface area contributed by atoms with Crippen molar-refractivity contribution in [2.24, 2.45) is 5.73 Å². The maximum atomic E-state index is 14.4. The van der Waals surface area contributed by atoms with Gasteiger partial charge in [0.2, 0.25) is 5.95 Å². The highest BCUT2D eigenvalue weighted by Gasteiger charge is 2.45. The molecule has 30 heavy (non-hydrogen) atoms. The molecule has 1 aliphatic heterocycles. The molecule has 1 aromatic heterocycles. The number of nitrogens with zero attached hydrogens (tertiary/aromatic N) is 3. The van der Waals surface area contributed by atoms with Crippen molar-refractivity contribution in [3.8, 4) is 11.3 Å². The number of alkyl halides is 3. The number of sulfone groups is 1. The van der Waals surface area contributed by atoms with Crippen molar-refractivity contribution >= 4 is 15.8 Å². The minimum Gasteiger partial charge on any atom is -0.332 e. The van der Waals surface area contributed by atoms with Crippen molar-refractivity contribution in [1.82, 2.24) is 9.97 Å². The van der Waals surface area contributed by atoms with Crippen LogP contribution in [0.25, 0.3) is 11.3 Å². The number of fused-ring (bicyclic) bond motifs is 1. The van der Waals surface area contributed by atoms with Gasteiger partial charge in [0.05, 0.1) is 24.0 Å². The Morgan fingerprint density at radius 2 is 1.93 bits per heavy atom. The molecule has 1 saturated heterocycles. The summed E-state index contributed by atoms with van der Waals surface area (Å²) in [5, 5.41) is 0. The Labute approximate surface area is 173 Å². The van der Waals surface area contributed by atoms with Crippen LogP contribution in [0.4, 0.5) is 19.1 Å². The van der Waals surface area contributed by atoms with E-state index >= 15 is 0 Å². The van der Waals surface area contributed by atoms with Gasteiger partial charge in [-0.05, 0) is 18.9 Å². The summed E-state index contributed by atoms with van der Waals surface area (Å²) in [4.78, 5) is 10.2. The van der Waals surface area contributed by atoms with Crippen LogP contribution in [-0.4, -0.2) is 49.2 Å². The van der Waals surface area contributed by atoms with Gasteiger partial charge >= 0.3 is 0 Å². The van der Waals surface area contributed by atoms with E-state index in [1.165, 1.54) is 0 Å². The second-order valence-electron chi connectivity index (χ2n) is 8.13. The lowest BCUT2D eigenvalue weighted by molar-refractivity contribution is -0.00598. The molecule has 3 atom stereocenters. The van der Waals surface area contributed by atoms with Gasteiger partial charge in [0.25, 0.3) is 5.92 Å². The number of halogens is 3. The second kappa shape index (κ2) is 7.19. The van der Waals surface area contributed by atoms with E-state index in [4.69, 9.17) is 5.73 Å². The Morgan fingerprint density at radius 3 is 2.50 bits per heavy atom. The van der Waals surface area contributed by atoms with Gasteiger partial charge < -0.3 is 10.6 Å². The van der Waals surface area contributed by atoms with Crippen LogP contribution in [0, 0.1) is 0 Å². The molecule has 0 amide bonds. The van der Waals surface area contributed by atoms with Crippen LogP contribution in [0.3, 0.4) is 0 Å². The topological polar surface area (TPSA) is 89.2 Å². The first-order valence-corrected chi connectivity index (χ1v) is 11.8. The largest absolute Gasteiger partial charge is 0.332 e. The summed E-state index contributed by atoms with van der Waals surface area (Å²) in [5.41, 5.74) is 7.68. The summed E-state index contributed by atoms with van der Waals surface area (Å²) in [6.45, 7) is 1.74. The summed E-state index contributed by atoms with van der Waals surface area (Å²) in [6, 6.07) is 5.58. The lowest BCUT2D eigenvalue weighted by Gasteiger charge is -2.42. The van der Waals surface area contributed by atoms with Crippen molar-refractivity contribution < 1.29 is 21.6 Å². The molecule has 1 unspecified atom stereocenters. The van der Waals surface area contributed by atoms with Crippen LogP contribution >= 0.6 is 0 Å². The smallest absolute Gasteiger partial charge is 0.290 e. The number of rotatable bonds is 5. The summed E-state index contributed by atoms with van der Waals surface area (Å²) in [5.74, 6) is -3.14. The molecule has 162 valence electrons. The zero-order valence-corrected chi connectivity index (χ0v) is 17.5. The van der Waals surface area contributed by atoms with Crippen molar-refractivity contribution in [3.05, 3.63) is 41.1 Å². The van der Waals surface area contributed by atoms with Gasteiger partial charge in [-0.15, -0.1) is 0 Å². The Kier molecular flexibility index (Phi) is 5.05. The molecule has 2 aliphatic rings. The molecule has 4 rings (SSSR count). The molecule has 0 spiro atoms. The third kappa shape index (κ3) is 3.78. The highest BCUT2D eigenvalue weighted by Crippen LogP contribution is 2.45. The average molecular weight is 440 g/mol. The van der Waals surface area contributed by atoms with E-state index in [1.807, 2.05) is 0 Å². The molecule has 1 aliphatic carbocycles. The zero-order valence-electron chi connectivity index (χ0n) is 16.6. The highest BCUT2D eigenvalue weighted by atomic mass is 32.2. The van der Waals surface area contributed by atoms with Crippen LogP contribution in [-0.2, 0) is 22.2 Å². The Morgan fingerprint density at radius 1 is 1.27 bits per heavy atom. The number of hydrogen-bond acceptors (Lipinski definition) is 6. The third-order valence-corrected chi connectivity index (χ3v) is 6.73. The molecule has 10 heteroatoms. The molecule has 0 bridgehead atoms.